The lowest BCUT2D eigenvalue weighted by atomic mass is 9.58. The van der Waals surface area contributed by atoms with Crippen molar-refractivity contribution in [3.05, 3.63) is 11.5 Å². The average Bonchev–Trinajstić information content (AvgIpc) is 2.92. The second kappa shape index (κ2) is 4.29. The molecule has 0 spiro atoms. The zero-order valence-electron chi connectivity index (χ0n) is 12.1. The molecule has 1 aromatic rings. The van der Waals surface area contributed by atoms with Crippen molar-refractivity contribution in [2.24, 2.45) is 11.3 Å². The van der Waals surface area contributed by atoms with Crippen LogP contribution < -0.4 is 4.72 Å². The smallest absolute Gasteiger partial charge is 0.246 e. The minimum absolute atomic E-state index is 0.103. The summed E-state index contributed by atoms with van der Waals surface area (Å²) in [6.45, 7) is 8.04. The predicted octanol–water partition coefficient (Wildman–Crippen LogP) is 1.38. The van der Waals surface area contributed by atoms with Gasteiger partial charge in [-0.3, -0.25) is 0 Å². The summed E-state index contributed by atoms with van der Waals surface area (Å²) in [5.74, 6) is 0.589. The third kappa shape index (κ3) is 1.83. The van der Waals surface area contributed by atoms with Crippen LogP contribution in [0.25, 0.3) is 0 Å². The molecule has 2 aliphatic rings. The van der Waals surface area contributed by atoms with Gasteiger partial charge in [0.05, 0.1) is 6.10 Å². The molecular formula is C13H20N2O4S. The van der Waals surface area contributed by atoms with Crippen molar-refractivity contribution in [1.82, 2.24) is 9.88 Å². The standard InChI is InChI=1S/C13H20N2O4S/c1-7-10(8(2)19-14-7)20(16,17)15-11-9-5-6-18-12(9)13(11,3)4/h9,11-12,15H,5-6H2,1-4H3. The first-order chi connectivity index (χ1) is 9.25. The number of nitrogens with one attached hydrogen (secondary N) is 1. The van der Waals surface area contributed by atoms with Crippen LogP contribution in [0, 0.1) is 25.2 Å². The van der Waals surface area contributed by atoms with Gasteiger partial charge in [-0.1, -0.05) is 19.0 Å². The van der Waals surface area contributed by atoms with Gasteiger partial charge < -0.3 is 9.26 Å². The first-order valence-corrected chi connectivity index (χ1v) is 8.30. The van der Waals surface area contributed by atoms with Crippen LogP contribution >= 0.6 is 0 Å². The van der Waals surface area contributed by atoms with Crippen LogP contribution in [0.5, 0.6) is 0 Å². The van der Waals surface area contributed by atoms with Gasteiger partial charge in [0.25, 0.3) is 0 Å². The lowest BCUT2D eigenvalue weighted by Crippen LogP contribution is -2.66. The number of hydrogen-bond donors (Lipinski definition) is 1. The number of aryl methyl sites for hydroxylation is 2. The van der Waals surface area contributed by atoms with Crippen molar-refractivity contribution < 1.29 is 17.7 Å². The largest absolute Gasteiger partial charge is 0.377 e. The van der Waals surface area contributed by atoms with E-state index >= 15 is 0 Å². The first-order valence-electron chi connectivity index (χ1n) is 6.82. The Morgan fingerprint density at radius 3 is 2.65 bits per heavy atom. The predicted molar refractivity (Wildman–Crippen MR) is 71.7 cm³/mol. The van der Waals surface area contributed by atoms with Gasteiger partial charge in [-0.25, -0.2) is 13.1 Å². The Morgan fingerprint density at radius 1 is 1.35 bits per heavy atom. The van der Waals surface area contributed by atoms with E-state index < -0.39 is 10.0 Å². The second-order valence-corrected chi connectivity index (χ2v) is 7.97. The first kappa shape index (κ1) is 14.0. The Labute approximate surface area is 118 Å². The van der Waals surface area contributed by atoms with E-state index in [4.69, 9.17) is 9.26 Å². The van der Waals surface area contributed by atoms with E-state index in [9.17, 15) is 8.42 Å². The number of ether oxygens (including phenoxy) is 1. The quantitative estimate of drug-likeness (QED) is 0.912. The van der Waals surface area contributed by atoms with Crippen LogP contribution in [0.3, 0.4) is 0 Å². The van der Waals surface area contributed by atoms with E-state index in [1.807, 2.05) is 13.8 Å². The van der Waals surface area contributed by atoms with Gasteiger partial charge in [0.1, 0.15) is 10.6 Å². The Morgan fingerprint density at radius 2 is 2.05 bits per heavy atom. The zero-order valence-corrected chi connectivity index (χ0v) is 13.0. The summed E-state index contributed by atoms with van der Waals surface area (Å²) in [5, 5.41) is 3.72. The summed E-state index contributed by atoms with van der Waals surface area (Å²) < 4.78 is 38.6. The molecule has 0 radical (unpaired) electrons. The fourth-order valence-electron chi connectivity index (χ4n) is 3.65. The maximum Gasteiger partial charge on any atom is 0.246 e. The molecule has 1 N–H and O–H groups in total. The maximum atomic E-state index is 12.6. The number of rotatable bonds is 3. The highest BCUT2D eigenvalue weighted by atomic mass is 32.2. The Balaban J connectivity index is 1.88. The molecule has 1 aromatic heterocycles. The number of nitrogens with zero attached hydrogens (tertiary/aromatic N) is 1. The molecule has 1 aliphatic carbocycles. The normalized spacial score (nSPS) is 31.9. The third-order valence-electron chi connectivity index (χ3n) is 4.62. The maximum absolute atomic E-state index is 12.6. The van der Waals surface area contributed by atoms with Crippen molar-refractivity contribution >= 4 is 10.0 Å². The fourth-order valence-corrected chi connectivity index (χ4v) is 5.42. The van der Waals surface area contributed by atoms with Gasteiger partial charge in [-0.2, -0.15) is 0 Å². The summed E-state index contributed by atoms with van der Waals surface area (Å²) in [6, 6.07) is -0.103. The van der Waals surface area contributed by atoms with E-state index in [1.165, 1.54) is 0 Å². The Kier molecular flexibility index (Phi) is 3.01. The fraction of sp³-hybridized carbons (Fsp3) is 0.769. The van der Waals surface area contributed by atoms with E-state index in [2.05, 4.69) is 9.88 Å². The SMILES string of the molecule is Cc1noc(C)c1S(=O)(=O)NC1C2CCOC2C1(C)C. The van der Waals surface area contributed by atoms with Crippen molar-refractivity contribution in [2.45, 2.75) is 51.2 Å². The van der Waals surface area contributed by atoms with Crippen LogP contribution in [-0.4, -0.2) is 32.3 Å². The van der Waals surface area contributed by atoms with Crippen molar-refractivity contribution in [3.8, 4) is 0 Å². The van der Waals surface area contributed by atoms with E-state index in [1.54, 1.807) is 13.8 Å². The minimum Gasteiger partial charge on any atom is -0.377 e. The monoisotopic (exact) mass is 300 g/mol. The number of sulfonamides is 1. The number of fused-ring (bicyclic) bond motifs is 1. The van der Waals surface area contributed by atoms with Gasteiger partial charge in [0.2, 0.25) is 10.0 Å². The molecule has 0 amide bonds. The van der Waals surface area contributed by atoms with Crippen LogP contribution in [0.4, 0.5) is 0 Å². The lowest BCUT2D eigenvalue weighted by molar-refractivity contribution is -0.105. The highest BCUT2D eigenvalue weighted by Crippen LogP contribution is 2.52. The zero-order chi connectivity index (χ0) is 14.7. The highest BCUT2D eigenvalue weighted by Gasteiger charge is 2.60. The van der Waals surface area contributed by atoms with Crippen molar-refractivity contribution in [1.29, 1.82) is 0 Å². The molecule has 1 saturated carbocycles. The molecule has 3 rings (SSSR count). The molecular weight excluding hydrogens is 280 g/mol. The molecule has 3 atom stereocenters. The van der Waals surface area contributed by atoms with E-state index in [0.29, 0.717) is 18.1 Å². The average molecular weight is 300 g/mol. The lowest BCUT2D eigenvalue weighted by Gasteiger charge is -2.54. The van der Waals surface area contributed by atoms with Gasteiger partial charge in [0, 0.05) is 24.0 Å². The number of hydrogen-bond acceptors (Lipinski definition) is 5. The number of aromatic nitrogens is 1. The van der Waals surface area contributed by atoms with Crippen LogP contribution in [0.2, 0.25) is 0 Å². The summed E-state index contributed by atoms with van der Waals surface area (Å²) in [7, 11) is -3.61. The minimum atomic E-state index is -3.61. The molecule has 2 heterocycles. The van der Waals surface area contributed by atoms with Crippen LogP contribution in [0.15, 0.2) is 9.42 Å². The van der Waals surface area contributed by atoms with Gasteiger partial charge in [-0.15, -0.1) is 0 Å². The van der Waals surface area contributed by atoms with Gasteiger partial charge >= 0.3 is 0 Å². The summed E-state index contributed by atoms with van der Waals surface area (Å²) in [6.07, 6.45) is 1.06. The van der Waals surface area contributed by atoms with Crippen LogP contribution in [0.1, 0.15) is 31.7 Å². The summed E-state index contributed by atoms with van der Waals surface area (Å²) in [5.41, 5.74) is 0.207. The Hall–Kier alpha value is -0.920. The highest BCUT2D eigenvalue weighted by molar-refractivity contribution is 7.89. The second-order valence-electron chi connectivity index (χ2n) is 6.32. The molecule has 0 aromatic carbocycles. The molecule has 3 unspecified atom stereocenters. The van der Waals surface area contributed by atoms with E-state index in [0.717, 1.165) is 6.42 Å². The molecule has 6 nitrogen and oxygen atoms in total. The Bertz CT molecular complexity index is 615. The van der Waals surface area contributed by atoms with Crippen molar-refractivity contribution in [3.63, 3.8) is 0 Å². The third-order valence-corrected chi connectivity index (χ3v) is 6.30. The molecule has 112 valence electrons. The molecule has 0 bridgehead atoms. The molecule has 1 aliphatic heterocycles. The van der Waals surface area contributed by atoms with E-state index in [-0.39, 0.29) is 28.4 Å². The van der Waals surface area contributed by atoms with Gasteiger partial charge in [-0.05, 0) is 20.3 Å². The van der Waals surface area contributed by atoms with Gasteiger partial charge in [0.15, 0.2) is 5.76 Å². The van der Waals surface area contributed by atoms with Crippen LogP contribution in [-0.2, 0) is 14.8 Å². The van der Waals surface area contributed by atoms with Crippen molar-refractivity contribution in [2.75, 3.05) is 6.61 Å². The topological polar surface area (TPSA) is 81.4 Å². The molecule has 20 heavy (non-hydrogen) atoms. The molecule has 2 fully saturated rings. The summed E-state index contributed by atoms with van der Waals surface area (Å²) in [4.78, 5) is 0.163. The summed E-state index contributed by atoms with van der Waals surface area (Å²) >= 11 is 0. The molecule has 7 heteroatoms. The molecule has 1 saturated heterocycles.